The molecule has 0 spiro atoms. The van der Waals surface area contributed by atoms with Crippen molar-refractivity contribution >= 4 is 0 Å². The lowest BCUT2D eigenvalue weighted by Gasteiger charge is -2.41. The molecule has 1 aromatic rings. The molecule has 0 saturated heterocycles. The van der Waals surface area contributed by atoms with Crippen LogP contribution in [0.2, 0.25) is 0 Å². The van der Waals surface area contributed by atoms with E-state index in [-0.39, 0.29) is 0 Å². The van der Waals surface area contributed by atoms with Crippen LogP contribution in [0.4, 0.5) is 13.2 Å². The van der Waals surface area contributed by atoms with E-state index in [1.54, 1.807) is 19.2 Å². The van der Waals surface area contributed by atoms with Gasteiger partial charge in [-0.3, -0.25) is 4.90 Å². The van der Waals surface area contributed by atoms with Crippen LogP contribution in [0.1, 0.15) is 83.3 Å². The van der Waals surface area contributed by atoms with E-state index in [0.29, 0.717) is 24.4 Å². The van der Waals surface area contributed by atoms with Crippen LogP contribution in [0.15, 0.2) is 36.1 Å². The van der Waals surface area contributed by atoms with Gasteiger partial charge in [-0.1, -0.05) is 71.4 Å². The fourth-order valence-electron chi connectivity index (χ4n) is 4.90. The summed E-state index contributed by atoms with van der Waals surface area (Å²) in [5, 5.41) is 0. The molecule has 1 aliphatic rings. The third kappa shape index (κ3) is 8.17. The van der Waals surface area contributed by atoms with Gasteiger partial charge in [-0.25, -0.2) is 0 Å². The topological polar surface area (TPSA) is 12.5 Å². The lowest BCUT2D eigenvalue weighted by molar-refractivity contribution is -0.137. The monoisotopic (exact) mass is 439 g/mol. The Morgan fingerprint density at radius 3 is 2.13 bits per heavy atom. The molecule has 0 heterocycles. The van der Waals surface area contributed by atoms with Gasteiger partial charge in [0.1, 0.15) is 0 Å². The molecular formula is C26H40F3NO. The van der Waals surface area contributed by atoms with E-state index in [2.05, 4.69) is 31.7 Å². The van der Waals surface area contributed by atoms with Gasteiger partial charge in [0.15, 0.2) is 0 Å². The second-order valence-electron chi connectivity index (χ2n) is 9.15. The van der Waals surface area contributed by atoms with Gasteiger partial charge in [-0.15, -0.1) is 0 Å². The number of allylic oxidation sites excluding steroid dienone is 1. The summed E-state index contributed by atoms with van der Waals surface area (Å²) in [6.07, 6.45) is 7.62. The van der Waals surface area contributed by atoms with Crippen molar-refractivity contribution in [1.29, 1.82) is 0 Å². The zero-order valence-corrected chi connectivity index (χ0v) is 19.7. The fourth-order valence-corrected chi connectivity index (χ4v) is 4.90. The van der Waals surface area contributed by atoms with Gasteiger partial charge in [0.25, 0.3) is 0 Å². The minimum Gasteiger partial charge on any atom is -0.501 e. The standard InChI is InChI=1S/C26H40F3NO/c1-5-6-7-8-9-10-11-16-30(25-20(2)17-24(31-4)18-21(25)3)19-22-12-14-23(15-13-22)26(27,28)29/h12-15,17,20-21,25H,5-11,16,18-19H2,1-4H3. The maximum Gasteiger partial charge on any atom is 0.416 e. The minimum absolute atomic E-state index is 0.345. The average molecular weight is 440 g/mol. The fraction of sp³-hybridized carbons (Fsp3) is 0.692. The number of rotatable bonds is 12. The highest BCUT2D eigenvalue weighted by atomic mass is 19.4. The van der Waals surface area contributed by atoms with E-state index >= 15 is 0 Å². The van der Waals surface area contributed by atoms with Gasteiger partial charge >= 0.3 is 6.18 Å². The summed E-state index contributed by atoms with van der Waals surface area (Å²) in [6, 6.07) is 6.04. The van der Waals surface area contributed by atoms with Gasteiger partial charge in [0.2, 0.25) is 0 Å². The van der Waals surface area contributed by atoms with Crippen molar-refractivity contribution in [2.24, 2.45) is 11.8 Å². The number of unbranched alkanes of at least 4 members (excludes halogenated alkanes) is 6. The highest BCUT2D eigenvalue weighted by Crippen LogP contribution is 2.34. The Morgan fingerprint density at radius 1 is 0.968 bits per heavy atom. The van der Waals surface area contributed by atoms with Crippen molar-refractivity contribution in [2.45, 2.75) is 90.9 Å². The molecule has 0 aromatic heterocycles. The molecule has 31 heavy (non-hydrogen) atoms. The first-order valence-corrected chi connectivity index (χ1v) is 11.9. The molecule has 5 heteroatoms. The highest BCUT2D eigenvalue weighted by Gasteiger charge is 2.33. The molecule has 176 valence electrons. The van der Waals surface area contributed by atoms with Gasteiger partial charge < -0.3 is 4.74 Å². The van der Waals surface area contributed by atoms with Gasteiger partial charge in [0.05, 0.1) is 18.4 Å². The SMILES string of the molecule is CCCCCCCCCN(Cc1ccc(C(F)(F)F)cc1)C1C(C)C=C(OC)CC1C. The molecule has 0 amide bonds. The summed E-state index contributed by atoms with van der Waals surface area (Å²) >= 11 is 0. The van der Waals surface area contributed by atoms with Crippen molar-refractivity contribution < 1.29 is 17.9 Å². The number of hydrogen-bond donors (Lipinski definition) is 0. The normalized spacial score (nSPS) is 21.9. The zero-order valence-electron chi connectivity index (χ0n) is 19.7. The second kappa shape index (κ2) is 12.5. The number of nitrogens with zero attached hydrogens (tertiary/aromatic N) is 1. The molecule has 2 rings (SSSR count). The number of methoxy groups -OCH3 is 1. The van der Waals surface area contributed by atoms with E-state index in [0.717, 1.165) is 30.7 Å². The van der Waals surface area contributed by atoms with E-state index < -0.39 is 11.7 Å². The Kier molecular flexibility index (Phi) is 10.4. The molecule has 0 aliphatic heterocycles. The second-order valence-corrected chi connectivity index (χ2v) is 9.15. The molecule has 0 fully saturated rings. The smallest absolute Gasteiger partial charge is 0.416 e. The van der Waals surface area contributed by atoms with Crippen LogP contribution >= 0.6 is 0 Å². The highest BCUT2D eigenvalue weighted by molar-refractivity contribution is 5.24. The van der Waals surface area contributed by atoms with Crippen molar-refractivity contribution in [1.82, 2.24) is 4.90 Å². The van der Waals surface area contributed by atoms with Crippen molar-refractivity contribution in [3.8, 4) is 0 Å². The summed E-state index contributed by atoms with van der Waals surface area (Å²) in [7, 11) is 1.73. The van der Waals surface area contributed by atoms with Crippen LogP contribution in [0.25, 0.3) is 0 Å². The van der Waals surface area contributed by atoms with Crippen molar-refractivity contribution in [2.75, 3.05) is 13.7 Å². The van der Waals surface area contributed by atoms with Gasteiger partial charge in [0, 0.05) is 19.0 Å². The molecule has 3 atom stereocenters. The molecule has 2 nitrogen and oxygen atoms in total. The Labute approximate surface area is 186 Å². The van der Waals surface area contributed by atoms with Crippen LogP contribution in [0.5, 0.6) is 0 Å². The summed E-state index contributed by atoms with van der Waals surface area (Å²) in [6.45, 7) is 8.38. The van der Waals surface area contributed by atoms with Crippen LogP contribution < -0.4 is 0 Å². The quantitative estimate of drug-likeness (QED) is 0.308. The predicted octanol–water partition coefficient (Wildman–Crippen LogP) is 7.83. The Hall–Kier alpha value is -1.49. The van der Waals surface area contributed by atoms with Crippen molar-refractivity contribution in [3.05, 3.63) is 47.2 Å². The van der Waals surface area contributed by atoms with Crippen LogP contribution in [-0.2, 0) is 17.5 Å². The number of hydrogen-bond acceptors (Lipinski definition) is 2. The summed E-state index contributed by atoms with van der Waals surface area (Å²) < 4.78 is 44.3. The first-order valence-electron chi connectivity index (χ1n) is 11.9. The van der Waals surface area contributed by atoms with Crippen LogP contribution in [0, 0.1) is 11.8 Å². The zero-order chi connectivity index (χ0) is 22.9. The van der Waals surface area contributed by atoms with E-state index in [4.69, 9.17) is 4.74 Å². The number of benzene rings is 1. The van der Waals surface area contributed by atoms with Gasteiger partial charge in [-0.05, 0) is 48.6 Å². The molecule has 1 aliphatic carbocycles. The molecule has 1 aromatic carbocycles. The van der Waals surface area contributed by atoms with Crippen molar-refractivity contribution in [3.63, 3.8) is 0 Å². The summed E-state index contributed by atoms with van der Waals surface area (Å²) in [4.78, 5) is 2.49. The first-order chi connectivity index (χ1) is 14.8. The molecule has 0 bridgehead atoms. The molecule has 0 radical (unpaired) electrons. The van der Waals surface area contributed by atoms with E-state index in [1.807, 2.05) is 0 Å². The number of halogens is 3. The van der Waals surface area contributed by atoms with Crippen LogP contribution in [0.3, 0.4) is 0 Å². The third-order valence-electron chi connectivity index (χ3n) is 6.49. The number of alkyl halides is 3. The molecular weight excluding hydrogens is 399 g/mol. The maximum absolute atomic E-state index is 12.9. The summed E-state index contributed by atoms with van der Waals surface area (Å²) in [5.74, 6) is 1.83. The predicted molar refractivity (Wildman–Crippen MR) is 122 cm³/mol. The van der Waals surface area contributed by atoms with Gasteiger partial charge in [-0.2, -0.15) is 13.2 Å². The Balaban J connectivity index is 2.06. The lowest BCUT2D eigenvalue weighted by atomic mass is 9.81. The van der Waals surface area contributed by atoms with E-state index in [9.17, 15) is 13.2 Å². The minimum atomic E-state index is -4.29. The average Bonchev–Trinajstić information content (AvgIpc) is 2.72. The first kappa shape index (κ1) is 25.8. The molecule has 0 saturated carbocycles. The largest absolute Gasteiger partial charge is 0.501 e. The Bertz CT molecular complexity index is 668. The molecule has 3 unspecified atom stereocenters. The third-order valence-corrected chi connectivity index (χ3v) is 6.49. The van der Waals surface area contributed by atoms with Crippen LogP contribution in [-0.4, -0.2) is 24.6 Å². The number of ether oxygens (including phenoxy) is 1. The molecule has 0 N–H and O–H groups in total. The van der Waals surface area contributed by atoms with E-state index in [1.165, 1.54) is 50.7 Å². The lowest BCUT2D eigenvalue weighted by Crippen LogP contribution is -2.45. The Morgan fingerprint density at radius 2 is 1.58 bits per heavy atom. The summed E-state index contributed by atoms with van der Waals surface area (Å²) in [5.41, 5.74) is 0.360. The maximum atomic E-state index is 12.9.